The number of fused-ring (bicyclic) bond motifs is 15. The van der Waals surface area contributed by atoms with E-state index in [9.17, 15) is 0 Å². The maximum absolute atomic E-state index is 6.36. The number of thiophene rings is 1. The maximum atomic E-state index is 6.36. The van der Waals surface area contributed by atoms with E-state index in [2.05, 4.69) is 206 Å². The summed E-state index contributed by atoms with van der Waals surface area (Å²) in [6.45, 7) is 0. The number of hydrogen-bond acceptors (Lipinski definition) is 2. The molecule has 9 aromatic carbocycles. The second kappa shape index (κ2) is 12.9. The molecule has 1 atom stereocenters. The monoisotopic (exact) mass is 780 g/mol. The van der Waals surface area contributed by atoms with E-state index in [1.165, 1.54) is 104 Å². The second-order valence-electron chi connectivity index (χ2n) is 16.3. The Bertz CT molecular complexity index is 3410. The first-order valence-corrected chi connectivity index (χ1v) is 21.6. The lowest BCUT2D eigenvalue weighted by Gasteiger charge is -2.31. The van der Waals surface area contributed by atoms with Gasteiger partial charge >= 0.3 is 0 Å². The van der Waals surface area contributed by atoms with E-state index in [-0.39, 0.29) is 5.92 Å². The highest BCUT2D eigenvalue weighted by atomic mass is 32.1. The van der Waals surface area contributed by atoms with Crippen LogP contribution < -0.4 is 0 Å². The van der Waals surface area contributed by atoms with Crippen molar-refractivity contribution in [1.29, 1.82) is 0 Å². The molecule has 280 valence electrons. The Hall–Kier alpha value is -7.26. The van der Waals surface area contributed by atoms with Crippen LogP contribution in [0.2, 0.25) is 0 Å². The molecule has 0 bridgehead atoms. The number of benzene rings is 9. The van der Waals surface area contributed by atoms with Crippen molar-refractivity contribution >= 4 is 42.7 Å². The van der Waals surface area contributed by atoms with Crippen molar-refractivity contribution in [1.82, 2.24) is 0 Å². The fourth-order valence-corrected chi connectivity index (χ4v) is 12.0. The SMILES string of the molecule is c1ccc(-c2ccc(C(c3ccc(-c4cccc5c4sc4oc6ccccc6c45)cc3)c3ccc4c(c3)C3(c5ccccc5-c5ccccc53)c3ccccc3-4)cc2)cc1. The Balaban J connectivity index is 0.989. The molecule has 1 unspecified atom stereocenters. The zero-order valence-electron chi connectivity index (χ0n) is 32.6. The number of hydrogen-bond donors (Lipinski definition) is 0. The molecule has 0 fully saturated rings. The summed E-state index contributed by atoms with van der Waals surface area (Å²) >= 11 is 1.75. The Morgan fingerprint density at radius 3 is 1.53 bits per heavy atom. The Kier molecular flexibility index (Phi) is 7.23. The summed E-state index contributed by atoms with van der Waals surface area (Å²) in [6.07, 6.45) is 0. The molecule has 13 rings (SSSR count). The van der Waals surface area contributed by atoms with Gasteiger partial charge in [0.25, 0.3) is 0 Å². The highest BCUT2D eigenvalue weighted by Crippen LogP contribution is 2.63. The van der Waals surface area contributed by atoms with Crippen LogP contribution in [0.5, 0.6) is 0 Å². The van der Waals surface area contributed by atoms with Crippen LogP contribution in [0.25, 0.3) is 75.8 Å². The van der Waals surface area contributed by atoms with Gasteiger partial charge in [0.05, 0.1) is 5.41 Å². The van der Waals surface area contributed by atoms with E-state index in [1.54, 1.807) is 11.3 Å². The van der Waals surface area contributed by atoms with Crippen molar-refractivity contribution in [2.75, 3.05) is 0 Å². The molecule has 2 aliphatic rings. The molecular formula is C58H36OS. The van der Waals surface area contributed by atoms with E-state index in [1.807, 2.05) is 6.07 Å². The molecule has 0 saturated heterocycles. The largest absolute Gasteiger partial charge is 0.445 e. The minimum atomic E-state index is -0.398. The standard InChI is InChI=1S/C58H36OS/c1-2-13-36(14-3-1)37-25-29-39(30-26-37)54(40-31-27-38(28-32-40)42-19-12-20-48-55-47-18-7-11-24-53(47)59-57(55)60-56(42)48)41-33-34-46-45-17-6-10-23-51(45)58(52(46)35-41)49-21-8-4-15-43(49)44-16-5-9-22-50(44)58/h1-35,54H. The van der Waals surface area contributed by atoms with Gasteiger partial charge in [-0.2, -0.15) is 0 Å². The lowest BCUT2D eigenvalue weighted by atomic mass is 9.70. The molecule has 60 heavy (non-hydrogen) atoms. The first-order valence-electron chi connectivity index (χ1n) is 20.8. The van der Waals surface area contributed by atoms with Gasteiger partial charge in [0.15, 0.2) is 4.90 Å². The van der Waals surface area contributed by atoms with Crippen LogP contribution in [0.3, 0.4) is 0 Å². The van der Waals surface area contributed by atoms with Crippen molar-refractivity contribution in [3.8, 4) is 44.5 Å². The van der Waals surface area contributed by atoms with Gasteiger partial charge in [0.2, 0.25) is 0 Å². The van der Waals surface area contributed by atoms with Gasteiger partial charge < -0.3 is 4.42 Å². The third-order valence-electron chi connectivity index (χ3n) is 13.3. The lowest BCUT2D eigenvalue weighted by molar-refractivity contribution is 0.678. The van der Waals surface area contributed by atoms with Gasteiger partial charge in [-0.15, -0.1) is 0 Å². The molecule has 2 heteroatoms. The van der Waals surface area contributed by atoms with Crippen LogP contribution in [0.15, 0.2) is 217 Å². The molecule has 2 heterocycles. The molecule has 0 amide bonds. The summed E-state index contributed by atoms with van der Waals surface area (Å²) < 4.78 is 7.62. The Labute approximate surface area is 352 Å². The number of para-hydroxylation sites is 1. The highest BCUT2D eigenvalue weighted by Gasteiger charge is 2.51. The van der Waals surface area contributed by atoms with E-state index in [4.69, 9.17) is 4.42 Å². The fourth-order valence-electron chi connectivity index (χ4n) is 10.7. The Morgan fingerprint density at radius 1 is 0.367 bits per heavy atom. The highest BCUT2D eigenvalue weighted by molar-refractivity contribution is 7.26. The van der Waals surface area contributed by atoms with Crippen molar-refractivity contribution < 1.29 is 4.42 Å². The first kappa shape index (κ1) is 33.7. The number of furan rings is 1. The second-order valence-corrected chi connectivity index (χ2v) is 17.3. The van der Waals surface area contributed by atoms with Crippen LogP contribution in [0.1, 0.15) is 44.9 Å². The predicted molar refractivity (Wildman–Crippen MR) is 250 cm³/mol. The van der Waals surface area contributed by atoms with E-state index < -0.39 is 5.41 Å². The molecule has 1 spiro atoms. The van der Waals surface area contributed by atoms with Gasteiger partial charge in [0.1, 0.15) is 5.58 Å². The zero-order valence-corrected chi connectivity index (χ0v) is 33.4. The average Bonchev–Trinajstić information content (AvgIpc) is 4.04. The first-order chi connectivity index (χ1) is 29.8. The van der Waals surface area contributed by atoms with Crippen molar-refractivity contribution in [2.24, 2.45) is 0 Å². The molecule has 2 aliphatic carbocycles. The molecule has 0 radical (unpaired) electrons. The molecule has 0 N–H and O–H groups in total. The molecule has 0 saturated carbocycles. The van der Waals surface area contributed by atoms with E-state index in [0.717, 1.165) is 10.5 Å². The summed E-state index contributed by atoms with van der Waals surface area (Å²) in [6, 6.07) is 78.9. The molecule has 0 aliphatic heterocycles. The van der Waals surface area contributed by atoms with Crippen molar-refractivity contribution in [3.63, 3.8) is 0 Å². The zero-order chi connectivity index (χ0) is 39.4. The lowest BCUT2D eigenvalue weighted by Crippen LogP contribution is -2.26. The van der Waals surface area contributed by atoms with Gasteiger partial charge in [-0.05, 0) is 89.5 Å². The van der Waals surface area contributed by atoms with Crippen LogP contribution in [-0.2, 0) is 5.41 Å². The summed E-state index contributed by atoms with van der Waals surface area (Å²) in [4.78, 5) is 0.985. The van der Waals surface area contributed by atoms with Gasteiger partial charge in [-0.3, -0.25) is 0 Å². The summed E-state index contributed by atoms with van der Waals surface area (Å²) in [5.74, 6) is 0.00746. The average molecular weight is 781 g/mol. The molecular weight excluding hydrogens is 745 g/mol. The summed E-state index contributed by atoms with van der Waals surface area (Å²) in [7, 11) is 0. The van der Waals surface area contributed by atoms with Crippen molar-refractivity contribution in [3.05, 3.63) is 251 Å². The summed E-state index contributed by atoms with van der Waals surface area (Å²) in [5, 5.41) is 3.64. The molecule has 1 nitrogen and oxygen atoms in total. The minimum Gasteiger partial charge on any atom is -0.445 e. The van der Waals surface area contributed by atoms with E-state index in [0.29, 0.717) is 0 Å². The van der Waals surface area contributed by atoms with Gasteiger partial charge in [-0.25, -0.2) is 0 Å². The van der Waals surface area contributed by atoms with Crippen LogP contribution in [0, 0.1) is 0 Å². The smallest absolute Gasteiger partial charge is 0.190 e. The van der Waals surface area contributed by atoms with Crippen LogP contribution in [-0.4, -0.2) is 0 Å². The Morgan fingerprint density at radius 2 is 0.867 bits per heavy atom. The number of rotatable bonds is 5. The molecule has 2 aromatic heterocycles. The molecule has 11 aromatic rings. The third kappa shape index (κ3) is 4.68. The topological polar surface area (TPSA) is 13.1 Å². The van der Waals surface area contributed by atoms with Gasteiger partial charge in [-0.1, -0.05) is 218 Å². The van der Waals surface area contributed by atoms with Crippen molar-refractivity contribution in [2.45, 2.75) is 11.3 Å². The summed E-state index contributed by atoms with van der Waals surface area (Å²) in [5.41, 5.74) is 20.0. The van der Waals surface area contributed by atoms with Crippen LogP contribution >= 0.6 is 11.3 Å². The fraction of sp³-hybridized carbons (Fsp3) is 0.0345. The van der Waals surface area contributed by atoms with Crippen LogP contribution in [0.4, 0.5) is 0 Å². The quantitative estimate of drug-likeness (QED) is 0.159. The van der Waals surface area contributed by atoms with Gasteiger partial charge in [0, 0.05) is 26.8 Å². The predicted octanol–water partition coefficient (Wildman–Crippen LogP) is 15.7. The van der Waals surface area contributed by atoms with E-state index >= 15 is 0 Å². The third-order valence-corrected chi connectivity index (χ3v) is 14.4. The minimum absolute atomic E-state index is 0.00746. The normalized spacial score (nSPS) is 13.7. The maximum Gasteiger partial charge on any atom is 0.190 e.